The van der Waals surface area contributed by atoms with E-state index in [0.717, 1.165) is 22.6 Å². The summed E-state index contributed by atoms with van der Waals surface area (Å²) in [6.45, 7) is 4.19. The smallest absolute Gasteiger partial charge is 0.119 e. The summed E-state index contributed by atoms with van der Waals surface area (Å²) in [5.41, 5.74) is 7.77. The lowest BCUT2D eigenvalue weighted by atomic mass is 10.0. The van der Waals surface area contributed by atoms with Crippen LogP contribution in [0.25, 0.3) is 0 Å². The highest BCUT2D eigenvalue weighted by Crippen LogP contribution is 2.37. The lowest BCUT2D eigenvalue weighted by Crippen LogP contribution is -2.10. The molecule has 144 valence electrons. The molecule has 4 aromatic rings. The van der Waals surface area contributed by atoms with Crippen LogP contribution >= 0.6 is 0 Å². The number of aromatic hydroxyl groups is 1. The Bertz CT molecular complexity index is 1040. The molecule has 0 aliphatic rings. The van der Waals surface area contributed by atoms with Crippen molar-refractivity contribution >= 4 is 17.1 Å². The van der Waals surface area contributed by atoms with Crippen LogP contribution < -0.4 is 4.90 Å². The number of benzene rings is 4. The summed E-state index contributed by atoms with van der Waals surface area (Å²) >= 11 is 0. The van der Waals surface area contributed by atoms with Crippen LogP contribution in [0, 0.1) is 13.8 Å². The topological polar surface area (TPSA) is 23.5 Å². The Hall–Kier alpha value is -3.52. The molecule has 0 fully saturated rings. The Kier molecular flexibility index (Phi) is 5.35. The molecule has 0 atom stereocenters. The summed E-state index contributed by atoms with van der Waals surface area (Å²) in [6, 6.07) is 33.2. The molecule has 4 aromatic carbocycles. The largest absolute Gasteiger partial charge is 0.508 e. The number of hydrogen-bond donors (Lipinski definition) is 1. The van der Waals surface area contributed by atoms with E-state index in [4.69, 9.17) is 0 Å². The van der Waals surface area contributed by atoms with Gasteiger partial charge >= 0.3 is 0 Å². The van der Waals surface area contributed by atoms with Crippen molar-refractivity contribution in [3.05, 3.63) is 119 Å². The monoisotopic (exact) mass is 379 g/mol. The molecule has 1 N–H and O–H groups in total. The zero-order valence-electron chi connectivity index (χ0n) is 16.8. The molecule has 0 radical (unpaired) electrons. The summed E-state index contributed by atoms with van der Waals surface area (Å²) in [7, 11) is 0. The van der Waals surface area contributed by atoms with Crippen molar-refractivity contribution in [3.8, 4) is 5.75 Å². The molecule has 0 bridgehead atoms. The van der Waals surface area contributed by atoms with Crippen molar-refractivity contribution in [1.29, 1.82) is 0 Å². The van der Waals surface area contributed by atoms with Gasteiger partial charge in [-0.2, -0.15) is 0 Å². The Labute approximate surface area is 172 Å². The van der Waals surface area contributed by atoms with E-state index in [1.165, 1.54) is 16.7 Å². The number of rotatable bonds is 5. The number of aryl methyl sites for hydroxylation is 2. The van der Waals surface area contributed by atoms with Gasteiger partial charge in [0, 0.05) is 29.0 Å². The molecule has 0 aliphatic carbocycles. The van der Waals surface area contributed by atoms with E-state index in [0.29, 0.717) is 12.2 Å². The normalized spacial score (nSPS) is 10.7. The van der Waals surface area contributed by atoms with Crippen LogP contribution in [0.15, 0.2) is 97.1 Å². The van der Waals surface area contributed by atoms with E-state index >= 15 is 0 Å². The van der Waals surface area contributed by atoms with Gasteiger partial charge in [0.05, 0.1) is 0 Å². The summed E-state index contributed by atoms with van der Waals surface area (Å²) in [5.74, 6) is 0.324. The van der Waals surface area contributed by atoms with E-state index in [9.17, 15) is 5.11 Å². The lowest BCUT2D eigenvalue weighted by Gasteiger charge is -2.26. The van der Waals surface area contributed by atoms with Crippen LogP contribution in [-0.2, 0) is 6.42 Å². The molecule has 4 rings (SSSR count). The van der Waals surface area contributed by atoms with Gasteiger partial charge in [0.15, 0.2) is 0 Å². The molecule has 0 saturated heterocycles. The second-order valence-corrected chi connectivity index (χ2v) is 7.48. The summed E-state index contributed by atoms with van der Waals surface area (Å²) in [6.07, 6.45) is 0.691. The minimum atomic E-state index is 0.324. The van der Waals surface area contributed by atoms with Crippen LogP contribution in [0.2, 0.25) is 0 Å². The van der Waals surface area contributed by atoms with E-state index in [1.54, 1.807) is 6.07 Å². The number of phenols is 1. The highest BCUT2D eigenvalue weighted by atomic mass is 16.3. The highest BCUT2D eigenvalue weighted by molar-refractivity contribution is 5.77. The first-order chi connectivity index (χ1) is 14.1. The molecule has 0 amide bonds. The number of hydrogen-bond acceptors (Lipinski definition) is 2. The van der Waals surface area contributed by atoms with Gasteiger partial charge < -0.3 is 10.0 Å². The Balaban J connectivity index is 1.79. The number of anilines is 3. The van der Waals surface area contributed by atoms with Crippen LogP contribution in [0.5, 0.6) is 5.75 Å². The van der Waals surface area contributed by atoms with Crippen molar-refractivity contribution < 1.29 is 5.11 Å². The van der Waals surface area contributed by atoms with Crippen LogP contribution in [0.3, 0.4) is 0 Å². The zero-order chi connectivity index (χ0) is 20.2. The average molecular weight is 380 g/mol. The predicted octanol–water partition coefficient (Wildman–Crippen LogP) is 7.07. The Morgan fingerprint density at radius 1 is 0.621 bits per heavy atom. The molecule has 29 heavy (non-hydrogen) atoms. The molecule has 0 unspecified atom stereocenters. The summed E-state index contributed by atoms with van der Waals surface area (Å²) < 4.78 is 0. The molecule has 0 aromatic heterocycles. The predicted molar refractivity (Wildman–Crippen MR) is 122 cm³/mol. The fourth-order valence-electron chi connectivity index (χ4n) is 3.50. The van der Waals surface area contributed by atoms with Crippen molar-refractivity contribution in [2.24, 2.45) is 0 Å². The standard InChI is InChI=1S/C27H25NO/c1-20-8-12-24(13-9-20)28(25-14-10-21(2)11-15-25)26-16-17-27(29)23(19-26)18-22-6-4-3-5-7-22/h3-17,19,29H,18H2,1-2H3. The maximum absolute atomic E-state index is 10.5. The highest BCUT2D eigenvalue weighted by Gasteiger charge is 2.14. The lowest BCUT2D eigenvalue weighted by molar-refractivity contribution is 0.469. The molecular formula is C27H25NO. The third-order valence-corrected chi connectivity index (χ3v) is 5.14. The average Bonchev–Trinajstić information content (AvgIpc) is 2.74. The van der Waals surface area contributed by atoms with Gasteiger partial charge in [-0.15, -0.1) is 0 Å². The van der Waals surface area contributed by atoms with Crippen molar-refractivity contribution in [2.75, 3.05) is 4.90 Å². The van der Waals surface area contributed by atoms with Crippen LogP contribution in [-0.4, -0.2) is 5.11 Å². The Morgan fingerprint density at radius 2 is 1.14 bits per heavy atom. The molecular weight excluding hydrogens is 354 g/mol. The van der Waals surface area contributed by atoms with Gasteiger partial charge in [-0.25, -0.2) is 0 Å². The zero-order valence-corrected chi connectivity index (χ0v) is 16.8. The second-order valence-electron chi connectivity index (χ2n) is 7.48. The van der Waals surface area contributed by atoms with E-state index < -0.39 is 0 Å². The maximum atomic E-state index is 10.5. The minimum Gasteiger partial charge on any atom is -0.508 e. The van der Waals surface area contributed by atoms with Crippen molar-refractivity contribution in [1.82, 2.24) is 0 Å². The summed E-state index contributed by atoms with van der Waals surface area (Å²) in [5, 5.41) is 10.5. The first-order valence-electron chi connectivity index (χ1n) is 9.89. The van der Waals surface area contributed by atoms with Crippen LogP contribution in [0.1, 0.15) is 22.3 Å². The van der Waals surface area contributed by atoms with E-state index in [2.05, 4.69) is 85.5 Å². The van der Waals surface area contributed by atoms with Crippen molar-refractivity contribution in [2.45, 2.75) is 20.3 Å². The van der Waals surface area contributed by atoms with Gasteiger partial charge in [0.1, 0.15) is 5.75 Å². The SMILES string of the molecule is Cc1ccc(N(c2ccc(C)cc2)c2ccc(O)c(Cc3ccccc3)c2)cc1. The van der Waals surface area contributed by atoms with Crippen LogP contribution in [0.4, 0.5) is 17.1 Å². The number of nitrogens with zero attached hydrogens (tertiary/aromatic N) is 1. The van der Waals surface area contributed by atoms with E-state index in [1.807, 2.05) is 24.3 Å². The van der Waals surface area contributed by atoms with Gasteiger partial charge in [0.2, 0.25) is 0 Å². The Morgan fingerprint density at radius 3 is 1.69 bits per heavy atom. The molecule has 0 saturated carbocycles. The molecule has 0 spiro atoms. The van der Waals surface area contributed by atoms with Gasteiger partial charge in [-0.05, 0) is 61.9 Å². The number of phenolic OH excluding ortho intramolecular Hbond substituents is 1. The fourth-order valence-corrected chi connectivity index (χ4v) is 3.50. The first kappa shape index (κ1) is 18.8. The third kappa shape index (κ3) is 4.33. The van der Waals surface area contributed by atoms with Gasteiger partial charge in [-0.1, -0.05) is 65.7 Å². The first-order valence-corrected chi connectivity index (χ1v) is 9.89. The maximum Gasteiger partial charge on any atom is 0.119 e. The molecule has 2 heteroatoms. The molecule has 2 nitrogen and oxygen atoms in total. The summed E-state index contributed by atoms with van der Waals surface area (Å²) in [4.78, 5) is 2.23. The molecule has 0 heterocycles. The fraction of sp³-hybridized carbons (Fsp3) is 0.111. The van der Waals surface area contributed by atoms with Gasteiger partial charge in [-0.3, -0.25) is 0 Å². The minimum absolute atomic E-state index is 0.324. The van der Waals surface area contributed by atoms with Crippen molar-refractivity contribution in [3.63, 3.8) is 0 Å². The third-order valence-electron chi connectivity index (χ3n) is 5.14. The van der Waals surface area contributed by atoms with Gasteiger partial charge in [0.25, 0.3) is 0 Å². The quantitative estimate of drug-likeness (QED) is 0.401. The van der Waals surface area contributed by atoms with E-state index in [-0.39, 0.29) is 0 Å². The second kappa shape index (κ2) is 8.24. The molecule has 0 aliphatic heterocycles.